The Morgan fingerprint density at radius 3 is 2.91 bits per heavy atom. The molecule has 176 valence electrons. The monoisotopic (exact) mass is 472 g/mol. The summed E-state index contributed by atoms with van der Waals surface area (Å²) < 4.78 is 12.2. The van der Waals surface area contributed by atoms with Gasteiger partial charge in [0.15, 0.2) is 0 Å². The van der Waals surface area contributed by atoms with Crippen molar-refractivity contribution in [3.8, 4) is 5.75 Å². The predicted octanol–water partition coefficient (Wildman–Crippen LogP) is 2.69. The first kappa shape index (κ1) is 23.2. The highest BCUT2D eigenvalue weighted by Crippen LogP contribution is 2.32. The summed E-state index contributed by atoms with van der Waals surface area (Å²) >= 11 is 1.34. The minimum Gasteiger partial charge on any atom is -0.490 e. The maximum Gasteiger partial charge on any atom is 0.275 e. The lowest BCUT2D eigenvalue weighted by Crippen LogP contribution is -2.54. The molecular weight excluding hydrogens is 444 g/mol. The van der Waals surface area contributed by atoms with Crippen LogP contribution in [-0.2, 0) is 9.53 Å². The SMILES string of the molecule is CCCNC(=O)C[C@@H]1CC[C@@H]2[C@@H](COc3ccc(NC(=O)c4cscn4)cc3C(=O)N2C)O1. The van der Waals surface area contributed by atoms with Gasteiger partial charge in [-0.2, -0.15) is 0 Å². The smallest absolute Gasteiger partial charge is 0.275 e. The van der Waals surface area contributed by atoms with Gasteiger partial charge in [-0.1, -0.05) is 6.92 Å². The van der Waals surface area contributed by atoms with Crippen LogP contribution in [0.3, 0.4) is 0 Å². The second-order valence-electron chi connectivity index (χ2n) is 8.26. The largest absolute Gasteiger partial charge is 0.490 e. The molecule has 1 saturated heterocycles. The van der Waals surface area contributed by atoms with Crippen LogP contribution in [0.1, 0.15) is 53.5 Å². The normalized spacial score (nSPS) is 22.3. The van der Waals surface area contributed by atoms with Gasteiger partial charge in [-0.3, -0.25) is 14.4 Å². The zero-order valence-electron chi connectivity index (χ0n) is 18.7. The average Bonchev–Trinajstić information content (AvgIpc) is 3.36. The van der Waals surface area contributed by atoms with Gasteiger partial charge in [-0.15, -0.1) is 11.3 Å². The first-order valence-corrected chi connectivity index (χ1v) is 12.1. The van der Waals surface area contributed by atoms with Crippen LogP contribution in [-0.4, -0.2) is 66.1 Å². The zero-order valence-corrected chi connectivity index (χ0v) is 19.5. The molecule has 0 aliphatic carbocycles. The summed E-state index contributed by atoms with van der Waals surface area (Å²) in [5, 5.41) is 7.32. The fraction of sp³-hybridized carbons (Fsp3) is 0.478. The minimum atomic E-state index is -0.335. The molecule has 1 aromatic carbocycles. The number of fused-ring (bicyclic) bond motifs is 2. The van der Waals surface area contributed by atoms with Crippen molar-refractivity contribution in [2.75, 3.05) is 25.5 Å². The Morgan fingerprint density at radius 1 is 1.30 bits per heavy atom. The van der Waals surface area contributed by atoms with Gasteiger partial charge in [0.25, 0.3) is 11.8 Å². The van der Waals surface area contributed by atoms with E-state index in [9.17, 15) is 14.4 Å². The first-order chi connectivity index (χ1) is 16.0. The third-order valence-corrected chi connectivity index (χ3v) is 6.51. The van der Waals surface area contributed by atoms with Crippen molar-refractivity contribution in [3.63, 3.8) is 0 Å². The number of nitrogens with one attached hydrogen (secondary N) is 2. The van der Waals surface area contributed by atoms with E-state index < -0.39 is 0 Å². The topological polar surface area (TPSA) is 110 Å². The van der Waals surface area contributed by atoms with E-state index in [1.807, 2.05) is 6.92 Å². The number of aromatic nitrogens is 1. The third-order valence-electron chi connectivity index (χ3n) is 5.92. The molecule has 2 aliphatic heterocycles. The van der Waals surface area contributed by atoms with Crippen molar-refractivity contribution >= 4 is 34.7 Å². The highest BCUT2D eigenvalue weighted by atomic mass is 32.1. The van der Waals surface area contributed by atoms with Crippen LogP contribution in [0, 0.1) is 0 Å². The molecule has 2 aromatic rings. The van der Waals surface area contributed by atoms with Gasteiger partial charge in [-0.05, 0) is 37.5 Å². The van der Waals surface area contributed by atoms with Crippen molar-refractivity contribution in [2.24, 2.45) is 0 Å². The van der Waals surface area contributed by atoms with E-state index in [4.69, 9.17) is 9.47 Å². The predicted molar refractivity (Wildman–Crippen MR) is 124 cm³/mol. The molecule has 33 heavy (non-hydrogen) atoms. The minimum absolute atomic E-state index is 0.0194. The highest BCUT2D eigenvalue weighted by molar-refractivity contribution is 7.07. The quantitative estimate of drug-likeness (QED) is 0.669. The molecule has 0 spiro atoms. The molecule has 4 rings (SSSR count). The fourth-order valence-electron chi connectivity index (χ4n) is 4.17. The molecule has 9 nitrogen and oxygen atoms in total. The van der Waals surface area contributed by atoms with E-state index in [1.165, 1.54) is 11.3 Å². The number of rotatable bonds is 6. The second kappa shape index (κ2) is 10.3. The lowest BCUT2D eigenvalue weighted by Gasteiger charge is -2.42. The van der Waals surface area contributed by atoms with Crippen LogP contribution >= 0.6 is 11.3 Å². The standard InChI is InChI=1S/C23H28N4O5S/c1-3-8-24-21(28)10-15-5-6-18-20(32-15)11-31-19-7-4-14(9-16(19)23(30)27(18)2)26-22(29)17-12-33-13-25-17/h4,7,9,12-13,15,18,20H,3,5-6,8,10-11H2,1-2H3,(H,24,28)(H,26,29)/t15-,18+,20+/m0/s1. The fourth-order valence-corrected chi connectivity index (χ4v) is 4.70. The van der Waals surface area contributed by atoms with E-state index in [2.05, 4.69) is 15.6 Å². The summed E-state index contributed by atoms with van der Waals surface area (Å²) in [5.74, 6) is -0.122. The Labute approximate surface area is 196 Å². The van der Waals surface area contributed by atoms with Crippen LogP contribution in [0.15, 0.2) is 29.1 Å². The second-order valence-corrected chi connectivity index (χ2v) is 8.98. The number of carbonyl (C=O) groups is 3. The Kier molecular flexibility index (Phi) is 7.24. The number of nitrogens with zero attached hydrogens (tertiary/aromatic N) is 2. The number of hydrogen-bond donors (Lipinski definition) is 2. The maximum atomic E-state index is 13.3. The van der Waals surface area contributed by atoms with Crippen molar-refractivity contribution in [2.45, 2.75) is 50.9 Å². The lowest BCUT2D eigenvalue weighted by atomic mass is 9.94. The summed E-state index contributed by atoms with van der Waals surface area (Å²) in [5.41, 5.74) is 2.79. The lowest BCUT2D eigenvalue weighted by molar-refractivity contribution is -0.134. The molecule has 1 aromatic heterocycles. The molecule has 3 atom stereocenters. The molecule has 0 saturated carbocycles. The summed E-state index contributed by atoms with van der Waals surface area (Å²) in [6.07, 6.45) is 2.08. The van der Waals surface area contributed by atoms with Gasteiger partial charge in [-0.25, -0.2) is 4.98 Å². The molecule has 10 heteroatoms. The molecule has 3 heterocycles. The Morgan fingerprint density at radius 2 is 2.15 bits per heavy atom. The van der Waals surface area contributed by atoms with Gasteiger partial charge >= 0.3 is 0 Å². The number of hydrogen-bond acceptors (Lipinski definition) is 7. The Bertz CT molecular complexity index is 1010. The van der Waals surface area contributed by atoms with Crippen molar-refractivity contribution in [3.05, 3.63) is 40.3 Å². The molecule has 2 N–H and O–H groups in total. The number of thiazole rings is 1. The zero-order chi connectivity index (χ0) is 23.4. The van der Waals surface area contributed by atoms with Crippen LogP contribution in [0.25, 0.3) is 0 Å². The summed E-state index contributed by atoms with van der Waals surface area (Å²) in [7, 11) is 1.76. The molecule has 2 aliphatic rings. The van der Waals surface area contributed by atoms with Crippen molar-refractivity contribution in [1.82, 2.24) is 15.2 Å². The van der Waals surface area contributed by atoms with Crippen molar-refractivity contribution in [1.29, 1.82) is 0 Å². The molecular formula is C23H28N4O5S. The van der Waals surface area contributed by atoms with Gasteiger partial charge in [0.05, 0.1) is 29.6 Å². The van der Waals surface area contributed by atoms with Crippen LogP contribution in [0.4, 0.5) is 5.69 Å². The Balaban J connectivity index is 1.46. The number of likely N-dealkylation sites (N-methyl/N-ethyl adjacent to an activating group) is 1. The third kappa shape index (κ3) is 5.33. The van der Waals surface area contributed by atoms with Crippen LogP contribution < -0.4 is 15.4 Å². The van der Waals surface area contributed by atoms with Gasteiger partial charge < -0.3 is 25.0 Å². The van der Waals surface area contributed by atoms with E-state index in [0.717, 1.165) is 12.8 Å². The molecule has 0 unspecified atom stereocenters. The van der Waals surface area contributed by atoms with Crippen LogP contribution in [0.2, 0.25) is 0 Å². The molecule has 0 bridgehead atoms. The van der Waals surface area contributed by atoms with E-state index >= 15 is 0 Å². The number of ether oxygens (including phenoxy) is 2. The molecule has 3 amide bonds. The number of carbonyl (C=O) groups excluding carboxylic acids is 3. The first-order valence-electron chi connectivity index (χ1n) is 11.1. The van der Waals surface area contributed by atoms with E-state index in [1.54, 1.807) is 41.0 Å². The molecule has 1 fully saturated rings. The number of amides is 3. The van der Waals surface area contributed by atoms with Crippen LogP contribution in [0.5, 0.6) is 5.75 Å². The summed E-state index contributed by atoms with van der Waals surface area (Å²) in [6, 6.07) is 4.84. The number of anilines is 1. The van der Waals surface area contributed by atoms with E-state index in [-0.39, 0.29) is 42.6 Å². The maximum absolute atomic E-state index is 13.3. The van der Waals surface area contributed by atoms with Gasteiger partial charge in [0.1, 0.15) is 24.2 Å². The average molecular weight is 473 g/mol. The van der Waals surface area contributed by atoms with Gasteiger partial charge in [0, 0.05) is 24.7 Å². The Hall–Kier alpha value is -2.98. The van der Waals surface area contributed by atoms with Crippen molar-refractivity contribution < 1.29 is 23.9 Å². The summed E-state index contributed by atoms with van der Waals surface area (Å²) in [6.45, 7) is 2.93. The summed E-state index contributed by atoms with van der Waals surface area (Å²) in [4.78, 5) is 43.4. The number of benzene rings is 1. The van der Waals surface area contributed by atoms with Gasteiger partial charge in [0.2, 0.25) is 5.91 Å². The molecule has 0 radical (unpaired) electrons. The highest BCUT2D eigenvalue weighted by Gasteiger charge is 2.39. The van der Waals surface area contributed by atoms with E-state index in [0.29, 0.717) is 42.1 Å².